The number of benzene rings is 2. The number of hydrogen-bond donors (Lipinski definition) is 1. The minimum atomic E-state index is -0.414. The molecule has 25 heavy (non-hydrogen) atoms. The molecule has 2 aromatic carbocycles. The molecule has 0 aliphatic carbocycles. The molecule has 0 aromatic heterocycles. The van der Waals surface area contributed by atoms with Gasteiger partial charge in [0.2, 0.25) is 0 Å². The first kappa shape index (κ1) is 18.3. The Balaban J connectivity index is 2.19. The van der Waals surface area contributed by atoms with Crippen LogP contribution in [-0.2, 0) is 11.2 Å². The van der Waals surface area contributed by atoms with Gasteiger partial charge >= 0.3 is 0 Å². The molecule has 128 valence electrons. The number of carbonyl (C=O) groups is 1. The highest BCUT2D eigenvalue weighted by atomic mass is 16.5. The van der Waals surface area contributed by atoms with Crippen LogP contribution in [0.15, 0.2) is 54.1 Å². The van der Waals surface area contributed by atoms with E-state index in [-0.39, 0.29) is 5.57 Å². The van der Waals surface area contributed by atoms with Crippen molar-refractivity contribution < 1.29 is 9.53 Å². The molecule has 0 bridgehead atoms. The smallest absolute Gasteiger partial charge is 0.266 e. The van der Waals surface area contributed by atoms with Gasteiger partial charge in [-0.1, -0.05) is 44.2 Å². The molecule has 0 heterocycles. The van der Waals surface area contributed by atoms with Crippen molar-refractivity contribution in [3.8, 4) is 11.8 Å². The summed E-state index contributed by atoms with van der Waals surface area (Å²) in [6.45, 7) is 4.69. The summed E-state index contributed by atoms with van der Waals surface area (Å²) in [6, 6.07) is 16.9. The molecule has 1 N–H and O–H groups in total. The zero-order valence-corrected chi connectivity index (χ0v) is 14.6. The highest BCUT2D eigenvalue weighted by Crippen LogP contribution is 2.19. The summed E-state index contributed by atoms with van der Waals surface area (Å²) in [5.41, 5.74) is 2.57. The van der Waals surface area contributed by atoms with Crippen molar-refractivity contribution in [2.45, 2.75) is 26.7 Å². The SMILES string of the molecule is CCCOc1cccc(/C=C(/C#N)C(=O)Nc2ccccc2CC)c1. The molecule has 0 saturated carbocycles. The lowest BCUT2D eigenvalue weighted by Gasteiger charge is -2.09. The van der Waals surface area contributed by atoms with Gasteiger partial charge in [0.25, 0.3) is 5.91 Å². The Morgan fingerprint density at radius 2 is 2.00 bits per heavy atom. The number of nitriles is 1. The molecule has 2 aromatic rings. The van der Waals surface area contributed by atoms with E-state index in [9.17, 15) is 10.1 Å². The van der Waals surface area contributed by atoms with Crippen LogP contribution in [0.25, 0.3) is 6.08 Å². The summed E-state index contributed by atoms with van der Waals surface area (Å²) in [4.78, 5) is 12.4. The van der Waals surface area contributed by atoms with Crippen molar-refractivity contribution in [3.63, 3.8) is 0 Å². The Kier molecular flexibility index (Phi) is 6.79. The maximum atomic E-state index is 12.4. The largest absolute Gasteiger partial charge is 0.494 e. The average Bonchev–Trinajstić information content (AvgIpc) is 2.65. The number of nitrogens with one attached hydrogen (secondary N) is 1. The van der Waals surface area contributed by atoms with E-state index in [1.165, 1.54) is 0 Å². The van der Waals surface area contributed by atoms with Crippen LogP contribution in [0, 0.1) is 11.3 Å². The number of anilines is 1. The molecule has 0 aliphatic rings. The zero-order valence-electron chi connectivity index (χ0n) is 14.6. The molecule has 1 amide bonds. The van der Waals surface area contributed by atoms with Crippen LogP contribution < -0.4 is 10.1 Å². The van der Waals surface area contributed by atoms with Crippen LogP contribution >= 0.6 is 0 Å². The second-order valence-electron chi connectivity index (χ2n) is 5.56. The fourth-order valence-electron chi connectivity index (χ4n) is 2.37. The Hall–Kier alpha value is -3.06. The van der Waals surface area contributed by atoms with Gasteiger partial charge in [-0.3, -0.25) is 4.79 Å². The van der Waals surface area contributed by atoms with E-state index >= 15 is 0 Å². The first-order chi connectivity index (χ1) is 12.2. The van der Waals surface area contributed by atoms with Gasteiger partial charge in [0, 0.05) is 5.69 Å². The Bertz CT molecular complexity index is 804. The van der Waals surface area contributed by atoms with Gasteiger partial charge < -0.3 is 10.1 Å². The zero-order chi connectivity index (χ0) is 18.1. The Morgan fingerprint density at radius 3 is 2.72 bits per heavy atom. The standard InChI is InChI=1S/C21H22N2O2/c1-3-12-25-19-10-7-8-16(14-19)13-18(15-22)21(24)23-20-11-6-5-9-17(20)4-2/h5-11,13-14H,3-4,12H2,1-2H3,(H,23,24)/b18-13-. The minimum absolute atomic E-state index is 0.0542. The van der Waals surface area contributed by atoms with Gasteiger partial charge in [-0.05, 0) is 48.2 Å². The third-order valence-corrected chi connectivity index (χ3v) is 3.65. The van der Waals surface area contributed by atoms with Gasteiger partial charge in [-0.15, -0.1) is 0 Å². The number of amides is 1. The van der Waals surface area contributed by atoms with Gasteiger partial charge in [0.05, 0.1) is 6.61 Å². The number of carbonyl (C=O) groups excluding carboxylic acids is 1. The van der Waals surface area contributed by atoms with E-state index in [1.807, 2.05) is 68.4 Å². The van der Waals surface area contributed by atoms with Crippen molar-refractivity contribution in [3.05, 3.63) is 65.2 Å². The van der Waals surface area contributed by atoms with Crippen LogP contribution in [0.2, 0.25) is 0 Å². The summed E-state index contributed by atoms with van der Waals surface area (Å²) in [5, 5.41) is 12.2. The fraction of sp³-hybridized carbons (Fsp3) is 0.238. The number of ether oxygens (including phenoxy) is 1. The van der Waals surface area contributed by atoms with Crippen molar-refractivity contribution >= 4 is 17.7 Å². The molecular weight excluding hydrogens is 312 g/mol. The van der Waals surface area contributed by atoms with Crippen LogP contribution in [0.1, 0.15) is 31.4 Å². The maximum Gasteiger partial charge on any atom is 0.266 e. The summed E-state index contributed by atoms with van der Waals surface area (Å²) < 4.78 is 5.58. The lowest BCUT2D eigenvalue weighted by molar-refractivity contribution is -0.112. The molecule has 0 atom stereocenters. The van der Waals surface area contributed by atoms with Gasteiger partial charge in [-0.2, -0.15) is 5.26 Å². The summed E-state index contributed by atoms with van der Waals surface area (Å²) in [5.74, 6) is 0.313. The van der Waals surface area contributed by atoms with Crippen LogP contribution in [-0.4, -0.2) is 12.5 Å². The van der Waals surface area contributed by atoms with Crippen molar-refractivity contribution in [1.82, 2.24) is 0 Å². The summed E-state index contributed by atoms with van der Waals surface area (Å²) in [7, 11) is 0. The van der Waals surface area contributed by atoms with Gasteiger partial charge in [0.1, 0.15) is 17.4 Å². The molecule has 2 rings (SSSR count). The van der Waals surface area contributed by atoms with E-state index in [0.717, 1.165) is 35.4 Å². The average molecular weight is 334 g/mol. The number of hydrogen-bond acceptors (Lipinski definition) is 3. The normalized spacial score (nSPS) is 10.8. The molecule has 0 aliphatic heterocycles. The minimum Gasteiger partial charge on any atom is -0.494 e. The molecular formula is C21H22N2O2. The first-order valence-corrected chi connectivity index (χ1v) is 8.41. The molecule has 0 unspecified atom stereocenters. The predicted octanol–water partition coefficient (Wildman–Crippen LogP) is 4.58. The van der Waals surface area contributed by atoms with E-state index in [1.54, 1.807) is 6.08 Å². The van der Waals surface area contributed by atoms with E-state index < -0.39 is 5.91 Å². The second-order valence-corrected chi connectivity index (χ2v) is 5.56. The third kappa shape index (κ3) is 5.22. The van der Waals surface area contributed by atoms with E-state index in [2.05, 4.69) is 5.32 Å². The lowest BCUT2D eigenvalue weighted by Crippen LogP contribution is -2.14. The number of aryl methyl sites for hydroxylation is 1. The molecule has 4 nitrogen and oxygen atoms in total. The van der Waals surface area contributed by atoms with Crippen molar-refractivity contribution in [1.29, 1.82) is 5.26 Å². The van der Waals surface area contributed by atoms with Crippen LogP contribution in [0.5, 0.6) is 5.75 Å². The molecule has 0 radical (unpaired) electrons. The van der Waals surface area contributed by atoms with Gasteiger partial charge in [-0.25, -0.2) is 0 Å². The molecule has 4 heteroatoms. The fourth-order valence-corrected chi connectivity index (χ4v) is 2.37. The quantitative estimate of drug-likeness (QED) is 0.595. The summed E-state index contributed by atoms with van der Waals surface area (Å²) in [6.07, 6.45) is 3.30. The van der Waals surface area contributed by atoms with Crippen LogP contribution in [0.4, 0.5) is 5.69 Å². The summed E-state index contributed by atoms with van der Waals surface area (Å²) >= 11 is 0. The number of para-hydroxylation sites is 1. The topological polar surface area (TPSA) is 62.1 Å². The first-order valence-electron chi connectivity index (χ1n) is 8.41. The monoisotopic (exact) mass is 334 g/mol. The predicted molar refractivity (Wildman–Crippen MR) is 100 cm³/mol. The second kappa shape index (κ2) is 9.29. The Morgan fingerprint density at radius 1 is 1.20 bits per heavy atom. The van der Waals surface area contributed by atoms with Crippen molar-refractivity contribution in [2.24, 2.45) is 0 Å². The highest BCUT2D eigenvalue weighted by molar-refractivity contribution is 6.10. The van der Waals surface area contributed by atoms with E-state index in [0.29, 0.717) is 6.61 Å². The third-order valence-electron chi connectivity index (χ3n) is 3.65. The van der Waals surface area contributed by atoms with E-state index in [4.69, 9.17) is 4.74 Å². The molecule has 0 fully saturated rings. The molecule has 0 spiro atoms. The van der Waals surface area contributed by atoms with Crippen molar-refractivity contribution in [2.75, 3.05) is 11.9 Å². The van der Waals surface area contributed by atoms with Crippen LogP contribution in [0.3, 0.4) is 0 Å². The lowest BCUT2D eigenvalue weighted by atomic mass is 10.1. The Labute approximate surface area is 148 Å². The number of rotatable bonds is 7. The molecule has 0 saturated heterocycles. The maximum absolute atomic E-state index is 12.4. The highest BCUT2D eigenvalue weighted by Gasteiger charge is 2.11. The van der Waals surface area contributed by atoms with Gasteiger partial charge in [0.15, 0.2) is 0 Å². The number of nitrogens with zero attached hydrogens (tertiary/aromatic N) is 1.